The number of nitrogens with one attached hydrogen (secondary N) is 4. The predicted molar refractivity (Wildman–Crippen MR) is 307 cm³/mol. The van der Waals surface area contributed by atoms with Gasteiger partial charge >= 0.3 is 0 Å². The first-order chi connectivity index (χ1) is 39.6. The van der Waals surface area contributed by atoms with Gasteiger partial charge in [0.15, 0.2) is 10.1 Å². The number of β-amino-alcohol motifs (C(OH)–C–C–N with tert-alkyl or cyclic N) is 2. The van der Waals surface area contributed by atoms with Crippen LogP contribution in [0.2, 0.25) is 0 Å². The number of carbonyl (C=O) groups is 4. The molecule has 20 nitrogen and oxygen atoms in total. The molecule has 0 radical (unpaired) electrons. The van der Waals surface area contributed by atoms with Crippen LogP contribution in [0.3, 0.4) is 0 Å². The van der Waals surface area contributed by atoms with E-state index in [0.717, 1.165) is 32.9 Å². The molecule has 2 aliphatic rings. The van der Waals surface area contributed by atoms with Gasteiger partial charge in [-0.2, -0.15) is 8.61 Å². The molecular formula is C60H62N10O10S2. The molecule has 4 aromatic carbocycles. The Hall–Kier alpha value is -8.38. The molecule has 6 N–H and O–H groups in total. The summed E-state index contributed by atoms with van der Waals surface area (Å²) in [4.78, 5) is 70.1. The molecule has 6 atom stereocenters. The number of fused-ring (bicyclic) bond motifs is 2. The molecule has 82 heavy (non-hydrogen) atoms. The Kier molecular flexibility index (Phi) is 19.1. The standard InChI is InChI=1S/2C30H31N5O5S/c2*36-27-20-35(41(39,40)28-12-4-5-15-32-28)17-7-11-25(27)33-30(38)26(18-21-8-2-1-3-9-21)34-29(37)23-13-14-24-22(19-23)10-6-16-31-24/h2*1-6,8-10,12-16,19,25-27,36H,7,11,17-18,20H2,(H,33,38)(H,34,37)/t2*25?,26-,27?/m00/s1. The SMILES string of the molecule is O=C(N[C@@H](Cc1ccccc1)C(=O)NC1CCCN(S(=O)(=O)c2ccccn2)CC1O)c1ccc2ncccc2c1.O=C(N[C@@H](Cc1ccccc1)C(=O)NC1CCCN(S(=O)(=O)c2ccccn2)CC1O)c1ccc2ncccc2c1. The summed E-state index contributed by atoms with van der Waals surface area (Å²) in [7, 11) is -7.80. The zero-order valence-corrected chi connectivity index (χ0v) is 46.1. The van der Waals surface area contributed by atoms with Gasteiger partial charge in [-0.25, -0.2) is 26.8 Å². The fraction of sp³-hybridized carbons (Fsp3) is 0.267. The number of aliphatic hydroxyl groups excluding tert-OH is 2. The third-order valence-corrected chi connectivity index (χ3v) is 17.8. The van der Waals surface area contributed by atoms with Crippen molar-refractivity contribution >= 4 is 65.5 Å². The molecule has 22 heteroatoms. The number of sulfonamides is 2. The number of amides is 4. The number of nitrogens with zero attached hydrogens (tertiary/aromatic N) is 6. The number of rotatable bonds is 16. The van der Waals surface area contributed by atoms with E-state index in [4.69, 9.17) is 0 Å². The van der Waals surface area contributed by atoms with Crippen molar-refractivity contribution in [3.8, 4) is 0 Å². The van der Waals surface area contributed by atoms with Crippen molar-refractivity contribution in [1.82, 2.24) is 49.8 Å². The lowest BCUT2D eigenvalue weighted by atomic mass is 10.0. The molecule has 6 heterocycles. The number of hydrogen-bond acceptors (Lipinski definition) is 14. The van der Waals surface area contributed by atoms with Crippen molar-refractivity contribution < 1.29 is 46.2 Å². The summed E-state index contributed by atoms with van der Waals surface area (Å²) < 4.78 is 54.7. The maximum absolute atomic E-state index is 13.6. The summed E-state index contributed by atoms with van der Waals surface area (Å²) in [6, 6.07) is 42.2. The second-order valence-corrected chi connectivity index (χ2v) is 23.7. The molecule has 4 amide bonds. The quantitative estimate of drug-likeness (QED) is 0.0772. The monoisotopic (exact) mass is 1150 g/mol. The molecule has 2 fully saturated rings. The smallest absolute Gasteiger partial charge is 0.260 e. The summed E-state index contributed by atoms with van der Waals surface area (Å²) in [6.45, 7) is -0.0118. The van der Waals surface area contributed by atoms with Crippen molar-refractivity contribution in [2.45, 2.75) is 85.0 Å². The van der Waals surface area contributed by atoms with Crippen LogP contribution in [0.5, 0.6) is 0 Å². The Morgan fingerprint density at radius 1 is 0.488 bits per heavy atom. The molecule has 0 spiro atoms. The van der Waals surface area contributed by atoms with E-state index in [2.05, 4.69) is 41.2 Å². The van der Waals surface area contributed by atoms with Crippen molar-refractivity contribution in [3.63, 3.8) is 0 Å². The summed E-state index contributed by atoms with van der Waals surface area (Å²) in [5.41, 5.74) is 3.99. The summed E-state index contributed by atoms with van der Waals surface area (Å²) in [5.74, 6) is -1.76. The van der Waals surface area contributed by atoms with Gasteiger partial charge in [0.05, 0.1) is 35.3 Å². The van der Waals surface area contributed by atoms with Crippen LogP contribution in [0.1, 0.15) is 57.5 Å². The third-order valence-electron chi connectivity index (χ3n) is 14.2. The van der Waals surface area contributed by atoms with Gasteiger partial charge in [-0.15, -0.1) is 0 Å². The van der Waals surface area contributed by atoms with Crippen LogP contribution >= 0.6 is 0 Å². The molecule has 0 bridgehead atoms. The Labute approximate surface area is 475 Å². The van der Waals surface area contributed by atoms with Crippen LogP contribution in [0.25, 0.3) is 21.8 Å². The molecule has 424 valence electrons. The van der Waals surface area contributed by atoms with Gasteiger partial charge in [0, 0.05) is 85.7 Å². The molecule has 0 aliphatic carbocycles. The van der Waals surface area contributed by atoms with E-state index >= 15 is 0 Å². The lowest BCUT2D eigenvalue weighted by molar-refractivity contribution is -0.125. The molecule has 10 rings (SSSR count). The molecule has 2 aliphatic heterocycles. The molecule has 2 saturated heterocycles. The van der Waals surface area contributed by atoms with Gasteiger partial charge in [0.25, 0.3) is 31.9 Å². The fourth-order valence-corrected chi connectivity index (χ4v) is 12.7. The van der Waals surface area contributed by atoms with Crippen LogP contribution in [-0.2, 0) is 42.5 Å². The van der Waals surface area contributed by atoms with E-state index < -0.39 is 80.1 Å². The van der Waals surface area contributed by atoms with Crippen LogP contribution in [0.15, 0.2) is 193 Å². The minimum Gasteiger partial charge on any atom is -0.390 e. The summed E-state index contributed by atoms with van der Waals surface area (Å²) in [6.07, 6.45) is 5.91. The first-order valence-corrected chi connectivity index (χ1v) is 29.7. The van der Waals surface area contributed by atoms with Gasteiger partial charge in [0.2, 0.25) is 11.8 Å². The van der Waals surface area contributed by atoms with Gasteiger partial charge in [-0.05, 0) is 110 Å². The first-order valence-electron chi connectivity index (χ1n) is 26.8. The topological polar surface area (TPSA) is 283 Å². The minimum atomic E-state index is -3.90. The Morgan fingerprint density at radius 2 is 0.878 bits per heavy atom. The van der Waals surface area contributed by atoms with E-state index in [1.54, 1.807) is 85.2 Å². The van der Waals surface area contributed by atoms with Crippen LogP contribution < -0.4 is 21.3 Å². The predicted octanol–water partition coefficient (Wildman–Crippen LogP) is 4.60. The van der Waals surface area contributed by atoms with Gasteiger partial charge in [-0.3, -0.25) is 29.1 Å². The Balaban J connectivity index is 0.000000198. The third kappa shape index (κ3) is 14.7. The highest BCUT2D eigenvalue weighted by atomic mass is 32.2. The highest BCUT2D eigenvalue weighted by Crippen LogP contribution is 2.23. The van der Waals surface area contributed by atoms with Crippen LogP contribution in [0.4, 0.5) is 0 Å². The van der Waals surface area contributed by atoms with Crippen LogP contribution in [-0.4, -0.2) is 142 Å². The number of hydrogen-bond donors (Lipinski definition) is 6. The minimum absolute atomic E-state index is 0.0928. The summed E-state index contributed by atoms with van der Waals surface area (Å²) >= 11 is 0. The normalized spacial score (nSPS) is 18.8. The molecule has 8 aromatic rings. The van der Waals surface area contributed by atoms with Crippen molar-refractivity contribution in [2.24, 2.45) is 0 Å². The van der Waals surface area contributed by atoms with Crippen molar-refractivity contribution in [2.75, 3.05) is 26.2 Å². The lowest BCUT2D eigenvalue weighted by Gasteiger charge is -2.27. The van der Waals surface area contributed by atoms with Crippen LogP contribution in [0, 0.1) is 0 Å². The molecule has 0 saturated carbocycles. The molecular weight excluding hydrogens is 1080 g/mol. The van der Waals surface area contributed by atoms with Crippen molar-refractivity contribution in [3.05, 3.63) is 205 Å². The lowest BCUT2D eigenvalue weighted by Crippen LogP contribution is -2.54. The average molecular weight is 1150 g/mol. The van der Waals surface area contributed by atoms with Crippen molar-refractivity contribution in [1.29, 1.82) is 0 Å². The average Bonchev–Trinajstić information content (AvgIpc) is 4.01. The van der Waals surface area contributed by atoms with E-state index in [1.165, 1.54) is 33.1 Å². The number of aromatic nitrogens is 4. The number of benzene rings is 4. The second kappa shape index (κ2) is 26.9. The summed E-state index contributed by atoms with van der Waals surface area (Å²) in [5, 5.41) is 34.8. The van der Waals surface area contributed by atoms with Gasteiger partial charge in [-0.1, -0.05) is 84.9 Å². The van der Waals surface area contributed by atoms with E-state index in [0.29, 0.717) is 36.8 Å². The van der Waals surface area contributed by atoms with Gasteiger partial charge < -0.3 is 31.5 Å². The van der Waals surface area contributed by atoms with E-state index in [1.807, 2.05) is 72.8 Å². The Bertz CT molecular complexity index is 3480. The second-order valence-electron chi connectivity index (χ2n) is 20.0. The maximum atomic E-state index is 13.6. The maximum Gasteiger partial charge on any atom is 0.260 e. The number of carbonyl (C=O) groups excluding carboxylic acids is 4. The fourth-order valence-electron chi connectivity index (χ4n) is 9.85. The number of pyridine rings is 4. The molecule has 4 unspecified atom stereocenters. The number of aliphatic hydroxyl groups is 2. The first kappa shape index (κ1) is 58.3. The zero-order valence-electron chi connectivity index (χ0n) is 44.5. The van der Waals surface area contributed by atoms with E-state index in [-0.39, 0.29) is 49.1 Å². The van der Waals surface area contributed by atoms with Gasteiger partial charge in [0.1, 0.15) is 12.1 Å². The highest BCUT2D eigenvalue weighted by molar-refractivity contribution is 7.89. The highest BCUT2D eigenvalue weighted by Gasteiger charge is 2.37. The zero-order chi connectivity index (χ0) is 57.6. The molecule has 4 aromatic heterocycles. The largest absolute Gasteiger partial charge is 0.390 e. The Morgan fingerprint density at radius 3 is 1.27 bits per heavy atom. The van der Waals surface area contributed by atoms with E-state index in [9.17, 15) is 46.2 Å².